The Balaban J connectivity index is 0. The predicted molar refractivity (Wildman–Crippen MR) is 76.4 cm³/mol. The van der Waals surface area contributed by atoms with Crippen molar-refractivity contribution in [3.05, 3.63) is 35.4 Å². The molecular formula is C15H24N2O. The van der Waals surface area contributed by atoms with E-state index in [1.165, 1.54) is 0 Å². The number of nitrogens with one attached hydrogen (secondary N) is 1. The Hall–Kier alpha value is -1.82. The van der Waals surface area contributed by atoms with Gasteiger partial charge in [0.05, 0.1) is 12.5 Å². The molecule has 1 amide bonds. The van der Waals surface area contributed by atoms with E-state index in [4.69, 9.17) is 5.26 Å². The van der Waals surface area contributed by atoms with E-state index in [1.54, 1.807) is 12.1 Å². The zero-order valence-corrected chi connectivity index (χ0v) is 12.1. The van der Waals surface area contributed by atoms with Gasteiger partial charge in [-0.3, -0.25) is 4.79 Å². The van der Waals surface area contributed by atoms with Crippen LogP contribution in [0.4, 0.5) is 0 Å². The van der Waals surface area contributed by atoms with Gasteiger partial charge in [-0.25, -0.2) is 0 Å². The second kappa shape index (κ2) is 13.2. The number of hydrogen-bond acceptors (Lipinski definition) is 2. The Morgan fingerprint density at radius 1 is 1.17 bits per heavy atom. The lowest BCUT2D eigenvalue weighted by atomic mass is 10.1. The summed E-state index contributed by atoms with van der Waals surface area (Å²) in [5.74, 6) is -0.125. The summed E-state index contributed by atoms with van der Waals surface area (Å²) in [6.07, 6.45) is 0.345. The molecule has 0 saturated heterocycles. The minimum Gasteiger partial charge on any atom is -0.351 e. The monoisotopic (exact) mass is 248 g/mol. The van der Waals surface area contributed by atoms with Gasteiger partial charge in [0, 0.05) is 12.1 Å². The Labute approximate surface area is 111 Å². The van der Waals surface area contributed by atoms with E-state index in [1.807, 2.05) is 52.8 Å². The highest BCUT2D eigenvalue weighted by molar-refractivity contribution is 5.94. The highest BCUT2D eigenvalue weighted by atomic mass is 16.1. The lowest BCUT2D eigenvalue weighted by molar-refractivity contribution is 0.0954. The van der Waals surface area contributed by atoms with Gasteiger partial charge in [0.1, 0.15) is 0 Å². The Morgan fingerprint density at radius 3 is 2.11 bits per heavy atom. The first-order valence-corrected chi connectivity index (χ1v) is 6.46. The molecule has 0 aliphatic heterocycles. The maximum Gasteiger partial charge on any atom is 0.251 e. The molecule has 0 saturated carbocycles. The van der Waals surface area contributed by atoms with Crippen LogP contribution in [0.2, 0.25) is 0 Å². The van der Waals surface area contributed by atoms with Crippen molar-refractivity contribution < 1.29 is 4.79 Å². The summed E-state index contributed by atoms with van der Waals surface area (Å²) in [4.78, 5) is 11.4. The molecule has 1 rings (SSSR count). The summed E-state index contributed by atoms with van der Waals surface area (Å²) in [5, 5.41) is 10.9. The molecule has 1 aromatic carbocycles. The van der Waals surface area contributed by atoms with Crippen molar-refractivity contribution in [1.82, 2.24) is 5.32 Å². The second-order valence-corrected chi connectivity index (χ2v) is 3.03. The smallest absolute Gasteiger partial charge is 0.251 e. The number of nitriles is 1. The molecular weight excluding hydrogens is 224 g/mol. The first-order valence-electron chi connectivity index (χ1n) is 6.46. The molecule has 0 unspecified atom stereocenters. The number of carbonyl (C=O) groups is 1. The summed E-state index contributed by atoms with van der Waals surface area (Å²) >= 11 is 0. The Kier molecular flexibility index (Phi) is 13.6. The molecule has 0 heterocycles. The Morgan fingerprint density at radius 2 is 1.67 bits per heavy atom. The van der Waals surface area contributed by atoms with Crippen molar-refractivity contribution in [3.63, 3.8) is 0 Å². The van der Waals surface area contributed by atoms with E-state index in [-0.39, 0.29) is 5.91 Å². The van der Waals surface area contributed by atoms with Crippen molar-refractivity contribution in [1.29, 1.82) is 5.26 Å². The zero-order chi connectivity index (χ0) is 14.4. The molecule has 0 radical (unpaired) electrons. The molecule has 3 heteroatoms. The topological polar surface area (TPSA) is 52.9 Å². The molecule has 0 bridgehead atoms. The SMILES string of the molecule is CC.CC.Cc1ccc(C(=O)NCCC#N)cc1. The van der Waals surface area contributed by atoms with Gasteiger partial charge in [-0.2, -0.15) is 5.26 Å². The molecule has 1 N–H and O–H groups in total. The molecule has 18 heavy (non-hydrogen) atoms. The number of benzene rings is 1. The van der Waals surface area contributed by atoms with Crippen molar-refractivity contribution in [3.8, 4) is 6.07 Å². The zero-order valence-electron chi connectivity index (χ0n) is 12.1. The number of hydrogen-bond donors (Lipinski definition) is 1. The molecule has 0 atom stereocenters. The number of carbonyl (C=O) groups excluding carboxylic acids is 1. The van der Waals surface area contributed by atoms with E-state index in [0.29, 0.717) is 18.5 Å². The third kappa shape index (κ3) is 8.35. The first-order chi connectivity index (χ1) is 8.74. The van der Waals surface area contributed by atoms with E-state index < -0.39 is 0 Å². The predicted octanol–water partition coefficient (Wildman–Crippen LogP) is 3.69. The molecule has 0 aromatic heterocycles. The van der Waals surface area contributed by atoms with Crippen LogP contribution in [0.15, 0.2) is 24.3 Å². The Bertz CT molecular complexity index is 350. The van der Waals surface area contributed by atoms with E-state index in [2.05, 4.69) is 5.32 Å². The molecule has 0 aliphatic rings. The third-order valence-corrected chi connectivity index (χ3v) is 1.84. The van der Waals surface area contributed by atoms with Crippen molar-refractivity contribution in [2.75, 3.05) is 6.54 Å². The molecule has 0 fully saturated rings. The minimum atomic E-state index is -0.125. The van der Waals surface area contributed by atoms with Gasteiger partial charge in [-0.1, -0.05) is 45.4 Å². The van der Waals surface area contributed by atoms with Crippen molar-refractivity contribution in [2.24, 2.45) is 0 Å². The van der Waals surface area contributed by atoms with Gasteiger partial charge in [-0.15, -0.1) is 0 Å². The highest BCUT2D eigenvalue weighted by Gasteiger charge is 2.02. The van der Waals surface area contributed by atoms with Gasteiger partial charge < -0.3 is 5.32 Å². The second-order valence-electron chi connectivity index (χ2n) is 3.03. The van der Waals surface area contributed by atoms with E-state index in [9.17, 15) is 4.79 Å². The summed E-state index contributed by atoms with van der Waals surface area (Å²) in [7, 11) is 0. The van der Waals surface area contributed by atoms with Crippen LogP contribution in [0.1, 0.15) is 50.0 Å². The minimum absolute atomic E-state index is 0.125. The van der Waals surface area contributed by atoms with Crippen LogP contribution in [0.25, 0.3) is 0 Å². The van der Waals surface area contributed by atoms with Gasteiger partial charge in [0.2, 0.25) is 0 Å². The van der Waals surface area contributed by atoms with E-state index in [0.717, 1.165) is 5.56 Å². The summed E-state index contributed by atoms with van der Waals surface area (Å²) < 4.78 is 0. The fourth-order valence-electron chi connectivity index (χ4n) is 1.04. The van der Waals surface area contributed by atoms with Gasteiger partial charge in [0.15, 0.2) is 0 Å². The highest BCUT2D eigenvalue weighted by Crippen LogP contribution is 2.02. The quantitative estimate of drug-likeness (QED) is 0.829. The number of nitrogens with zero attached hydrogens (tertiary/aromatic N) is 1. The average Bonchev–Trinajstić information content (AvgIpc) is 2.44. The van der Waals surface area contributed by atoms with Crippen molar-refractivity contribution in [2.45, 2.75) is 41.0 Å². The molecule has 3 nitrogen and oxygen atoms in total. The summed E-state index contributed by atoms with van der Waals surface area (Å²) in [6, 6.07) is 9.29. The largest absolute Gasteiger partial charge is 0.351 e. The normalized spacial score (nSPS) is 7.78. The van der Waals surface area contributed by atoms with Gasteiger partial charge >= 0.3 is 0 Å². The number of amides is 1. The van der Waals surface area contributed by atoms with Crippen LogP contribution in [0.5, 0.6) is 0 Å². The van der Waals surface area contributed by atoms with Crippen LogP contribution in [0, 0.1) is 18.3 Å². The standard InChI is InChI=1S/C11H12N2O.2C2H6/c1-9-3-5-10(6-4-9)11(14)13-8-2-7-12;2*1-2/h3-6H,2,8H2,1H3,(H,13,14);2*1-2H3. The molecule has 1 aromatic rings. The van der Waals surface area contributed by atoms with Crippen LogP contribution >= 0.6 is 0 Å². The summed E-state index contributed by atoms with van der Waals surface area (Å²) in [6.45, 7) is 10.4. The van der Waals surface area contributed by atoms with Crippen LogP contribution < -0.4 is 5.32 Å². The first kappa shape index (κ1) is 18.5. The van der Waals surface area contributed by atoms with Gasteiger partial charge in [0.25, 0.3) is 5.91 Å². The van der Waals surface area contributed by atoms with E-state index >= 15 is 0 Å². The fourth-order valence-corrected chi connectivity index (χ4v) is 1.04. The third-order valence-electron chi connectivity index (χ3n) is 1.84. The average molecular weight is 248 g/mol. The number of rotatable bonds is 3. The maximum atomic E-state index is 11.4. The molecule has 100 valence electrons. The fraction of sp³-hybridized carbons (Fsp3) is 0.467. The molecule has 0 aliphatic carbocycles. The van der Waals surface area contributed by atoms with Crippen molar-refractivity contribution >= 4 is 5.91 Å². The van der Waals surface area contributed by atoms with Gasteiger partial charge in [-0.05, 0) is 19.1 Å². The maximum absolute atomic E-state index is 11.4. The van der Waals surface area contributed by atoms with Crippen LogP contribution in [-0.2, 0) is 0 Å². The molecule has 0 spiro atoms. The lowest BCUT2D eigenvalue weighted by Gasteiger charge is -2.02. The van der Waals surface area contributed by atoms with Crippen LogP contribution in [0.3, 0.4) is 0 Å². The van der Waals surface area contributed by atoms with Crippen LogP contribution in [-0.4, -0.2) is 12.5 Å². The number of aryl methyl sites for hydroxylation is 1. The summed E-state index contributed by atoms with van der Waals surface area (Å²) in [5.41, 5.74) is 1.76. The lowest BCUT2D eigenvalue weighted by Crippen LogP contribution is -2.24.